The fourth-order valence-corrected chi connectivity index (χ4v) is 3.16. The second kappa shape index (κ2) is 9.65. The van der Waals surface area contributed by atoms with E-state index >= 15 is 0 Å². The number of anilines is 1. The van der Waals surface area contributed by atoms with Gasteiger partial charge in [0.1, 0.15) is 17.5 Å². The molecule has 0 aliphatic heterocycles. The fourth-order valence-electron chi connectivity index (χ4n) is 3.16. The van der Waals surface area contributed by atoms with Gasteiger partial charge in [0, 0.05) is 29.4 Å². The van der Waals surface area contributed by atoms with Crippen molar-refractivity contribution in [3.8, 4) is 23.0 Å². The number of ether oxygens (including phenoxy) is 2. The van der Waals surface area contributed by atoms with Gasteiger partial charge < -0.3 is 24.5 Å². The Hall–Kier alpha value is -4.33. The Morgan fingerprint density at radius 1 is 0.875 bits per heavy atom. The summed E-state index contributed by atoms with van der Waals surface area (Å²) < 4.78 is 16.4. The number of carbonyl (C=O) groups excluding carboxylic acids is 1. The van der Waals surface area contributed by atoms with E-state index in [4.69, 9.17) is 13.9 Å². The maximum Gasteiger partial charge on any atom is 0.320 e. The van der Waals surface area contributed by atoms with E-state index in [0.717, 1.165) is 11.1 Å². The van der Waals surface area contributed by atoms with Crippen LogP contribution in [0.2, 0.25) is 0 Å². The van der Waals surface area contributed by atoms with Crippen molar-refractivity contribution in [3.63, 3.8) is 0 Å². The smallest absolute Gasteiger partial charge is 0.320 e. The first kappa shape index (κ1) is 20.9. The first-order valence-corrected chi connectivity index (χ1v) is 9.90. The molecule has 8 heteroatoms. The molecule has 1 atom stereocenters. The summed E-state index contributed by atoms with van der Waals surface area (Å²) in [5.41, 5.74) is 2.11. The molecule has 0 unspecified atom stereocenters. The van der Waals surface area contributed by atoms with Crippen LogP contribution in [0.15, 0.2) is 83.3 Å². The van der Waals surface area contributed by atoms with Gasteiger partial charge in [0.15, 0.2) is 0 Å². The molecule has 1 heterocycles. The van der Waals surface area contributed by atoms with Crippen LogP contribution in [0.4, 0.5) is 10.5 Å². The van der Waals surface area contributed by atoms with Crippen LogP contribution in [0.5, 0.6) is 11.5 Å². The highest BCUT2D eigenvalue weighted by atomic mass is 16.5. The molecule has 0 bridgehead atoms. The maximum absolute atomic E-state index is 12.9. The Labute approximate surface area is 185 Å². The Morgan fingerprint density at radius 3 is 2.12 bits per heavy atom. The Kier molecular flexibility index (Phi) is 6.31. The van der Waals surface area contributed by atoms with Crippen LogP contribution < -0.4 is 20.1 Å². The van der Waals surface area contributed by atoms with Gasteiger partial charge in [0.05, 0.1) is 14.2 Å². The molecule has 1 aromatic heterocycles. The average Bonchev–Trinajstić information content (AvgIpc) is 3.33. The van der Waals surface area contributed by atoms with Gasteiger partial charge in [-0.3, -0.25) is 0 Å². The highest BCUT2D eigenvalue weighted by Crippen LogP contribution is 2.27. The van der Waals surface area contributed by atoms with Crippen molar-refractivity contribution in [2.24, 2.45) is 0 Å². The number of rotatable bonds is 7. The molecule has 0 aliphatic rings. The summed E-state index contributed by atoms with van der Waals surface area (Å²) in [4.78, 5) is 12.9. The van der Waals surface area contributed by atoms with Gasteiger partial charge in [-0.05, 0) is 17.7 Å². The molecule has 2 amide bonds. The van der Waals surface area contributed by atoms with Crippen molar-refractivity contribution in [2.45, 2.75) is 6.04 Å². The molecule has 162 valence electrons. The molecule has 0 saturated heterocycles. The van der Waals surface area contributed by atoms with Crippen molar-refractivity contribution in [3.05, 3.63) is 90.3 Å². The quantitative estimate of drug-likeness (QED) is 0.442. The Balaban J connectivity index is 1.59. The molecule has 0 radical (unpaired) electrons. The zero-order valence-electron chi connectivity index (χ0n) is 17.6. The SMILES string of the molecule is COc1cc(NC(=O)N[C@H](c2ccccc2)c2nnc(-c3ccccc3)o2)cc(OC)c1. The molecule has 0 fully saturated rings. The molecule has 4 rings (SSSR count). The Morgan fingerprint density at radius 2 is 1.50 bits per heavy atom. The monoisotopic (exact) mass is 430 g/mol. The number of amides is 2. The largest absolute Gasteiger partial charge is 0.497 e. The third-order valence-electron chi connectivity index (χ3n) is 4.73. The molecular weight excluding hydrogens is 408 g/mol. The van der Waals surface area contributed by atoms with Gasteiger partial charge in [0.25, 0.3) is 0 Å². The van der Waals surface area contributed by atoms with E-state index in [1.165, 1.54) is 0 Å². The highest BCUT2D eigenvalue weighted by molar-refractivity contribution is 5.90. The van der Waals surface area contributed by atoms with Gasteiger partial charge in [-0.25, -0.2) is 4.79 Å². The second-order valence-electron chi connectivity index (χ2n) is 6.85. The lowest BCUT2D eigenvalue weighted by atomic mass is 10.1. The number of hydrogen-bond donors (Lipinski definition) is 2. The predicted octanol–water partition coefficient (Wildman–Crippen LogP) is 4.66. The van der Waals surface area contributed by atoms with Gasteiger partial charge in [-0.1, -0.05) is 48.5 Å². The van der Waals surface area contributed by atoms with Crippen LogP contribution >= 0.6 is 0 Å². The zero-order valence-corrected chi connectivity index (χ0v) is 17.6. The minimum Gasteiger partial charge on any atom is -0.497 e. The van der Waals surface area contributed by atoms with Gasteiger partial charge >= 0.3 is 6.03 Å². The maximum atomic E-state index is 12.9. The number of hydrogen-bond acceptors (Lipinski definition) is 6. The van der Waals surface area contributed by atoms with E-state index in [2.05, 4.69) is 20.8 Å². The van der Waals surface area contributed by atoms with E-state index in [-0.39, 0.29) is 5.89 Å². The van der Waals surface area contributed by atoms with Gasteiger partial charge in [-0.2, -0.15) is 0 Å². The number of nitrogens with one attached hydrogen (secondary N) is 2. The van der Waals surface area contributed by atoms with E-state index in [9.17, 15) is 4.79 Å². The minimum absolute atomic E-state index is 0.272. The van der Waals surface area contributed by atoms with E-state index < -0.39 is 12.1 Å². The number of carbonyl (C=O) groups is 1. The summed E-state index contributed by atoms with van der Waals surface area (Å²) in [5.74, 6) is 1.77. The Bertz CT molecular complexity index is 1160. The number of nitrogens with zero attached hydrogens (tertiary/aromatic N) is 2. The van der Waals surface area contributed by atoms with E-state index in [1.807, 2.05) is 60.7 Å². The number of aromatic nitrogens is 2. The lowest BCUT2D eigenvalue weighted by molar-refractivity contribution is 0.248. The van der Waals surface area contributed by atoms with Crippen molar-refractivity contribution in [1.29, 1.82) is 0 Å². The molecule has 32 heavy (non-hydrogen) atoms. The van der Waals surface area contributed by atoms with Crippen molar-refractivity contribution in [1.82, 2.24) is 15.5 Å². The number of urea groups is 1. The van der Waals surface area contributed by atoms with E-state index in [0.29, 0.717) is 23.1 Å². The molecule has 0 aliphatic carbocycles. The summed E-state index contributed by atoms with van der Waals surface area (Å²) >= 11 is 0. The molecule has 2 N–H and O–H groups in total. The first-order valence-electron chi connectivity index (χ1n) is 9.90. The van der Waals surface area contributed by atoms with E-state index in [1.54, 1.807) is 32.4 Å². The van der Waals surface area contributed by atoms with Crippen LogP contribution in [0.25, 0.3) is 11.5 Å². The van der Waals surface area contributed by atoms with Crippen molar-refractivity contribution >= 4 is 11.7 Å². The molecule has 0 spiro atoms. The van der Waals surface area contributed by atoms with Crippen LogP contribution in [0.3, 0.4) is 0 Å². The summed E-state index contributed by atoms with van der Waals surface area (Å²) in [6.45, 7) is 0. The van der Waals surface area contributed by atoms with Crippen LogP contribution in [0, 0.1) is 0 Å². The van der Waals surface area contributed by atoms with Crippen LogP contribution in [0.1, 0.15) is 17.5 Å². The van der Waals surface area contributed by atoms with Crippen molar-refractivity contribution < 1.29 is 18.7 Å². The van der Waals surface area contributed by atoms with Crippen LogP contribution in [-0.2, 0) is 0 Å². The zero-order chi connectivity index (χ0) is 22.3. The highest BCUT2D eigenvalue weighted by Gasteiger charge is 2.23. The topological polar surface area (TPSA) is 98.5 Å². The molecule has 4 aromatic rings. The fraction of sp³-hybridized carbons (Fsp3) is 0.125. The van der Waals surface area contributed by atoms with Crippen molar-refractivity contribution in [2.75, 3.05) is 19.5 Å². The van der Waals surface area contributed by atoms with Gasteiger partial charge in [0.2, 0.25) is 11.8 Å². The summed E-state index contributed by atoms with van der Waals surface area (Å²) in [7, 11) is 3.09. The molecule has 3 aromatic carbocycles. The standard InChI is InChI=1S/C24H22N4O4/c1-30-19-13-18(14-20(15-19)31-2)25-24(29)26-21(16-9-5-3-6-10-16)23-28-27-22(32-23)17-11-7-4-8-12-17/h3-15,21H,1-2H3,(H2,25,26,29)/t21-/m1/s1. The molecule has 8 nitrogen and oxygen atoms in total. The average molecular weight is 430 g/mol. The minimum atomic E-state index is -0.645. The number of benzene rings is 3. The van der Waals surface area contributed by atoms with Gasteiger partial charge in [-0.15, -0.1) is 10.2 Å². The third kappa shape index (κ3) is 4.86. The number of methoxy groups -OCH3 is 2. The summed E-state index contributed by atoms with van der Waals surface area (Å²) in [5, 5.41) is 14.0. The third-order valence-corrected chi connectivity index (χ3v) is 4.73. The second-order valence-corrected chi connectivity index (χ2v) is 6.85. The normalized spacial score (nSPS) is 11.4. The predicted molar refractivity (Wildman–Crippen MR) is 120 cm³/mol. The lowest BCUT2D eigenvalue weighted by Gasteiger charge is -2.17. The summed E-state index contributed by atoms with van der Waals surface area (Å²) in [6, 6.07) is 22.9. The summed E-state index contributed by atoms with van der Waals surface area (Å²) in [6.07, 6.45) is 0. The molecule has 0 saturated carbocycles. The molecular formula is C24H22N4O4. The lowest BCUT2D eigenvalue weighted by Crippen LogP contribution is -2.33. The van der Waals surface area contributed by atoms with Crippen LogP contribution in [-0.4, -0.2) is 30.4 Å². The first-order chi connectivity index (χ1) is 15.7.